The molecule has 0 aliphatic heterocycles. The first-order chi connectivity index (χ1) is 13.3. The number of hydrogen-bond acceptors (Lipinski definition) is 3. The largest absolute Gasteiger partial charge is 0.497 e. The average Bonchev–Trinajstić information content (AvgIpc) is 3.17. The molecule has 0 saturated heterocycles. The molecule has 5 rings (SSSR count). The Morgan fingerprint density at radius 3 is 2.52 bits per heavy atom. The Morgan fingerprint density at radius 1 is 0.852 bits per heavy atom. The first-order valence-electron chi connectivity index (χ1n) is 8.80. The highest BCUT2D eigenvalue weighted by molar-refractivity contribution is 5.97. The van der Waals surface area contributed by atoms with Crippen LogP contribution < -0.4 is 4.74 Å². The summed E-state index contributed by atoms with van der Waals surface area (Å²) in [5.41, 5.74) is 4.88. The number of pyridine rings is 1. The Morgan fingerprint density at radius 2 is 1.67 bits per heavy atom. The van der Waals surface area contributed by atoms with Crippen molar-refractivity contribution in [3.8, 4) is 28.3 Å². The summed E-state index contributed by atoms with van der Waals surface area (Å²) in [4.78, 5) is 12.6. The van der Waals surface area contributed by atoms with Gasteiger partial charge in [-0.1, -0.05) is 42.5 Å². The van der Waals surface area contributed by atoms with Crippen LogP contribution in [0.3, 0.4) is 0 Å². The number of hydrogen-bond donors (Lipinski definition) is 1. The minimum absolute atomic E-state index is 0.713. The number of fused-ring (bicyclic) bond motifs is 2. The number of imidazole rings is 1. The topological polar surface area (TPSA) is 50.8 Å². The third-order valence-corrected chi connectivity index (χ3v) is 4.80. The third-order valence-electron chi connectivity index (χ3n) is 4.80. The summed E-state index contributed by atoms with van der Waals surface area (Å²) < 4.78 is 5.22. The van der Waals surface area contributed by atoms with Gasteiger partial charge in [0, 0.05) is 17.3 Å². The van der Waals surface area contributed by atoms with E-state index in [1.807, 2.05) is 30.5 Å². The van der Waals surface area contributed by atoms with Crippen LogP contribution in [0.25, 0.3) is 44.5 Å². The number of nitrogens with one attached hydrogen (secondary N) is 1. The number of aromatic nitrogens is 3. The molecule has 2 heterocycles. The van der Waals surface area contributed by atoms with Crippen molar-refractivity contribution in [2.24, 2.45) is 0 Å². The first-order valence-corrected chi connectivity index (χ1v) is 8.80. The molecular weight excluding hydrogens is 334 g/mol. The van der Waals surface area contributed by atoms with E-state index in [-0.39, 0.29) is 0 Å². The van der Waals surface area contributed by atoms with Gasteiger partial charge in [0.2, 0.25) is 0 Å². The van der Waals surface area contributed by atoms with Crippen LogP contribution in [0, 0.1) is 0 Å². The van der Waals surface area contributed by atoms with E-state index in [0.717, 1.165) is 28.2 Å². The summed E-state index contributed by atoms with van der Waals surface area (Å²) in [5, 5.41) is 2.44. The smallest absolute Gasteiger partial charge is 0.178 e. The fraction of sp³-hybridized carbons (Fsp3) is 0.0435. The lowest BCUT2D eigenvalue weighted by atomic mass is 9.99. The first kappa shape index (κ1) is 15.6. The van der Waals surface area contributed by atoms with Crippen LogP contribution in [0.4, 0.5) is 0 Å². The zero-order valence-corrected chi connectivity index (χ0v) is 14.8. The molecule has 3 aromatic carbocycles. The van der Waals surface area contributed by atoms with E-state index in [0.29, 0.717) is 5.65 Å². The summed E-state index contributed by atoms with van der Waals surface area (Å²) in [6, 6.07) is 24.7. The zero-order chi connectivity index (χ0) is 18.2. The molecule has 4 heteroatoms. The van der Waals surface area contributed by atoms with Crippen molar-refractivity contribution >= 4 is 21.9 Å². The Hall–Kier alpha value is -3.66. The molecule has 2 aromatic heterocycles. The molecule has 0 aliphatic rings. The van der Waals surface area contributed by atoms with Gasteiger partial charge in [-0.2, -0.15) is 0 Å². The second-order valence-corrected chi connectivity index (χ2v) is 6.44. The van der Waals surface area contributed by atoms with Gasteiger partial charge in [-0.25, -0.2) is 9.97 Å². The third kappa shape index (κ3) is 2.72. The SMILES string of the molecule is COc1ccc(-c2nc3ncc(-c4cccc5ccccc45)cc3[nH]2)cc1. The van der Waals surface area contributed by atoms with Gasteiger partial charge in [0.1, 0.15) is 11.6 Å². The highest BCUT2D eigenvalue weighted by Gasteiger charge is 2.10. The number of benzene rings is 3. The fourth-order valence-electron chi connectivity index (χ4n) is 3.41. The van der Waals surface area contributed by atoms with E-state index in [9.17, 15) is 0 Å². The molecule has 0 saturated carbocycles. The van der Waals surface area contributed by atoms with Gasteiger partial charge < -0.3 is 9.72 Å². The maximum absolute atomic E-state index is 5.22. The van der Waals surface area contributed by atoms with Gasteiger partial charge in [-0.3, -0.25) is 0 Å². The van der Waals surface area contributed by atoms with Crippen LogP contribution in [0.5, 0.6) is 5.75 Å². The van der Waals surface area contributed by atoms with Crippen molar-refractivity contribution in [3.05, 3.63) is 79.0 Å². The molecule has 4 nitrogen and oxygen atoms in total. The lowest BCUT2D eigenvalue weighted by Crippen LogP contribution is -1.84. The quantitative estimate of drug-likeness (QED) is 0.470. The van der Waals surface area contributed by atoms with Gasteiger partial charge >= 0.3 is 0 Å². The normalized spacial score (nSPS) is 11.1. The highest BCUT2D eigenvalue weighted by atomic mass is 16.5. The molecule has 0 radical (unpaired) electrons. The van der Waals surface area contributed by atoms with E-state index in [1.54, 1.807) is 7.11 Å². The van der Waals surface area contributed by atoms with Crippen molar-refractivity contribution in [2.45, 2.75) is 0 Å². The van der Waals surface area contributed by atoms with Crippen LogP contribution in [-0.4, -0.2) is 22.1 Å². The van der Waals surface area contributed by atoms with Gasteiger partial charge in [0.25, 0.3) is 0 Å². The monoisotopic (exact) mass is 351 g/mol. The minimum Gasteiger partial charge on any atom is -0.497 e. The summed E-state index contributed by atoms with van der Waals surface area (Å²) in [5.74, 6) is 1.63. The Labute approximate surface area is 156 Å². The van der Waals surface area contributed by atoms with Crippen molar-refractivity contribution in [2.75, 3.05) is 7.11 Å². The Bertz CT molecular complexity index is 1250. The van der Waals surface area contributed by atoms with E-state index < -0.39 is 0 Å². The Balaban J connectivity index is 1.61. The van der Waals surface area contributed by atoms with Crippen LogP contribution in [0.15, 0.2) is 79.0 Å². The summed E-state index contributed by atoms with van der Waals surface area (Å²) in [7, 11) is 1.66. The summed E-state index contributed by atoms with van der Waals surface area (Å²) >= 11 is 0. The predicted octanol–water partition coefficient (Wildman–Crippen LogP) is 5.45. The van der Waals surface area contributed by atoms with Crippen molar-refractivity contribution in [1.82, 2.24) is 15.0 Å². The molecule has 0 fully saturated rings. The number of nitrogens with zero attached hydrogens (tertiary/aromatic N) is 2. The van der Waals surface area contributed by atoms with E-state index in [1.165, 1.54) is 16.3 Å². The number of aromatic amines is 1. The zero-order valence-electron chi connectivity index (χ0n) is 14.8. The van der Waals surface area contributed by atoms with Gasteiger partial charge in [0.05, 0.1) is 12.6 Å². The van der Waals surface area contributed by atoms with E-state index >= 15 is 0 Å². The molecule has 27 heavy (non-hydrogen) atoms. The van der Waals surface area contributed by atoms with Crippen molar-refractivity contribution in [3.63, 3.8) is 0 Å². The van der Waals surface area contributed by atoms with Gasteiger partial charge in [-0.05, 0) is 46.7 Å². The molecule has 0 amide bonds. The number of ether oxygens (including phenoxy) is 1. The van der Waals surface area contributed by atoms with E-state index in [4.69, 9.17) is 4.74 Å². The maximum atomic E-state index is 5.22. The number of methoxy groups -OCH3 is 1. The summed E-state index contributed by atoms with van der Waals surface area (Å²) in [6.45, 7) is 0. The molecular formula is C23H17N3O. The van der Waals surface area contributed by atoms with Gasteiger partial charge in [0.15, 0.2) is 5.65 Å². The fourth-order valence-corrected chi connectivity index (χ4v) is 3.41. The molecule has 0 atom stereocenters. The molecule has 0 spiro atoms. The van der Waals surface area contributed by atoms with Crippen LogP contribution in [0.1, 0.15) is 0 Å². The number of H-pyrrole nitrogens is 1. The van der Waals surface area contributed by atoms with Crippen molar-refractivity contribution in [1.29, 1.82) is 0 Å². The standard InChI is InChI=1S/C23H17N3O/c1-27-18-11-9-16(10-12-18)22-25-21-13-17(14-24-23(21)26-22)20-8-4-6-15-5-2-3-7-19(15)20/h2-14H,1H3,(H,24,25,26). The molecule has 5 aromatic rings. The lowest BCUT2D eigenvalue weighted by Gasteiger charge is -2.06. The van der Waals surface area contributed by atoms with Crippen molar-refractivity contribution < 1.29 is 4.74 Å². The van der Waals surface area contributed by atoms with Crippen LogP contribution >= 0.6 is 0 Å². The van der Waals surface area contributed by atoms with Gasteiger partial charge in [-0.15, -0.1) is 0 Å². The molecule has 0 aliphatic carbocycles. The second kappa shape index (κ2) is 6.25. The average molecular weight is 351 g/mol. The van der Waals surface area contributed by atoms with E-state index in [2.05, 4.69) is 63.5 Å². The number of rotatable bonds is 3. The maximum Gasteiger partial charge on any atom is 0.178 e. The lowest BCUT2D eigenvalue weighted by molar-refractivity contribution is 0.415. The van der Waals surface area contributed by atoms with Crippen LogP contribution in [0.2, 0.25) is 0 Å². The minimum atomic E-state index is 0.713. The predicted molar refractivity (Wildman–Crippen MR) is 109 cm³/mol. The Kier molecular flexibility index (Phi) is 3.61. The molecule has 0 unspecified atom stereocenters. The molecule has 130 valence electrons. The molecule has 1 N–H and O–H groups in total. The summed E-state index contributed by atoms with van der Waals surface area (Å²) in [6.07, 6.45) is 1.89. The molecule has 0 bridgehead atoms. The highest BCUT2D eigenvalue weighted by Crippen LogP contribution is 2.30. The second-order valence-electron chi connectivity index (χ2n) is 6.44. The van der Waals surface area contributed by atoms with Crippen LogP contribution in [-0.2, 0) is 0 Å².